The Kier molecular flexibility index (Phi) is 6.17. The van der Waals surface area contributed by atoms with Crippen LogP contribution in [0.1, 0.15) is 44.0 Å². The standard InChI is InChI=1S/C18H26ClNO3/c1-12(2)11-23-17-15(19)9-14(10-16(17)22-4)18(21)20-7-5-13(3)6-8-20/h9-10,12-13H,5-8,11H2,1-4H3. The number of nitrogens with zero attached hydrogens (tertiary/aromatic N) is 1. The van der Waals surface area contributed by atoms with E-state index < -0.39 is 0 Å². The third kappa shape index (κ3) is 4.54. The van der Waals surface area contributed by atoms with Crippen molar-refractivity contribution in [3.63, 3.8) is 0 Å². The predicted octanol–water partition coefficient (Wildman–Crippen LogP) is 4.26. The van der Waals surface area contributed by atoms with Crippen LogP contribution in [-0.4, -0.2) is 37.6 Å². The second kappa shape index (κ2) is 7.91. The minimum absolute atomic E-state index is 0.00695. The van der Waals surface area contributed by atoms with E-state index in [1.165, 1.54) is 0 Å². The zero-order chi connectivity index (χ0) is 17.0. The van der Waals surface area contributed by atoms with E-state index in [2.05, 4.69) is 20.8 Å². The smallest absolute Gasteiger partial charge is 0.254 e. The molecule has 0 radical (unpaired) electrons. The summed E-state index contributed by atoms with van der Waals surface area (Å²) >= 11 is 6.33. The Bertz CT molecular complexity index is 551. The molecule has 1 heterocycles. The van der Waals surface area contributed by atoms with E-state index in [9.17, 15) is 4.79 Å². The van der Waals surface area contributed by atoms with Crippen molar-refractivity contribution < 1.29 is 14.3 Å². The Balaban J connectivity index is 2.19. The Morgan fingerprint density at radius 3 is 2.57 bits per heavy atom. The number of likely N-dealkylation sites (tertiary alicyclic amines) is 1. The summed E-state index contributed by atoms with van der Waals surface area (Å²) in [6, 6.07) is 3.40. The number of rotatable bonds is 5. The molecule has 4 nitrogen and oxygen atoms in total. The molecule has 1 amide bonds. The zero-order valence-electron chi connectivity index (χ0n) is 14.4. The molecule has 0 saturated carbocycles. The highest BCUT2D eigenvalue weighted by molar-refractivity contribution is 6.32. The molecule has 0 aromatic heterocycles. The summed E-state index contributed by atoms with van der Waals surface area (Å²) in [4.78, 5) is 14.6. The number of carbonyl (C=O) groups is 1. The monoisotopic (exact) mass is 339 g/mol. The molecule has 1 aliphatic rings. The van der Waals surface area contributed by atoms with Crippen molar-refractivity contribution in [2.45, 2.75) is 33.6 Å². The Morgan fingerprint density at radius 1 is 1.35 bits per heavy atom. The van der Waals surface area contributed by atoms with E-state index in [4.69, 9.17) is 21.1 Å². The van der Waals surface area contributed by atoms with E-state index in [0.717, 1.165) is 25.9 Å². The summed E-state index contributed by atoms with van der Waals surface area (Å²) in [7, 11) is 1.56. The number of piperidine rings is 1. The molecule has 1 aromatic carbocycles. The lowest BCUT2D eigenvalue weighted by molar-refractivity contribution is 0.0696. The quantitative estimate of drug-likeness (QED) is 0.804. The number of carbonyl (C=O) groups excluding carboxylic acids is 1. The maximum atomic E-state index is 12.7. The molecular weight excluding hydrogens is 314 g/mol. The molecule has 2 rings (SSSR count). The van der Waals surface area contributed by atoms with Gasteiger partial charge in [-0.3, -0.25) is 4.79 Å². The van der Waals surface area contributed by atoms with Crippen molar-refractivity contribution in [1.29, 1.82) is 0 Å². The van der Waals surface area contributed by atoms with E-state index in [1.54, 1.807) is 19.2 Å². The Morgan fingerprint density at radius 2 is 2.00 bits per heavy atom. The third-order valence-corrected chi connectivity index (χ3v) is 4.39. The summed E-state index contributed by atoms with van der Waals surface area (Å²) in [5.74, 6) is 2.09. The van der Waals surface area contributed by atoms with Crippen LogP contribution in [0.5, 0.6) is 11.5 Å². The van der Waals surface area contributed by atoms with Gasteiger partial charge in [0.15, 0.2) is 11.5 Å². The van der Waals surface area contributed by atoms with Crippen LogP contribution >= 0.6 is 11.6 Å². The summed E-state index contributed by atoms with van der Waals surface area (Å²) in [5.41, 5.74) is 0.554. The van der Waals surface area contributed by atoms with Crippen LogP contribution in [0.3, 0.4) is 0 Å². The number of benzene rings is 1. The minimum Gasteiger partial charge on any atom is -0.493 e. The largest absolute Gasteiger partial charge is 0.493 e. The lowest BCUT2D eigenvalue weighted by atomic mass is 9.98. The van der Waals surface area contributed by atoms with Crippen molar-refractivity contribution in [2.24, 2.45) is 11.8 Å². The molecule has 1 fully saturated rings. The van der Waals surface area contributed by atoms with Gasteiger partial charge in [0.25, 0.3) is 5.91 Å². The van der Waals surface area contributed by atoms with Gasteiger partial charge in [-0.25, -0.2) is 0 Å². The van der Waals surface area contributed by atoms with Gasteiger partial charge in [0.05, 0.1) is 18.7 Å². The molecule has 0 spiro atoms. The van der Waals surface area contributed by atoms with Gasteiger partial charge in [-0.15, -0.1) is 0 Å². The summed E-state index contributed by atoms with van der Waals surface area (Å²) < 4.78 is 11.1. The topological polar surface area (TPSA) is 38.8 Å². The SMILES string of the molecule is COc1cc(C(=O)N2CCC(C)CC2)cc(Cl)c1OCC(C)C. The summed E-state index contributed by atoms with van der Waals surface area (Å²) in [6.07, 6.45) is 2.10. The molecule has 5 heteroatoms. The maximum absolute atomic E-state index is 12.7. The average Bonchev–Trinajstić information content (AvgIpc) is 2.52. The third-order valence-electron chi connectivity index (χ3n) is 4.11. The Hall–Kier alpha value is -1.42. The summed E-state index contributed by atoms with van der Waals surface area (Å²) in [6.45, 7) is 8.50. The predicted molar refractivity (Wildman–Crippen MR) is 92.6 cm³/mol. The van der Waals surface area contributed by atoms with Gasteiger partial charge in [-0.1, -0.05) is 32.4 Å². The van der Waals surface area contributed by atoms with Gasteiger partial charge in [0.1, 0.15) is 0 Å². The highest BCUT2D eigenvalue weighted by atomic mass is 35.5. The molecule has 1 saturated heterocycles. The van der Waals surface area contributed by atoms with E-state index >= 15 is 0 Å². The molecular formula is C18H26ClNO3. The maximum Gasteiger partial charge on any atom is 0.254 e. The van der Waals surface area contributed by atoms with Gasteiger partial charge in [-0.2, -0.15) is 0 Å². The fourth-order valence-electron chi connectivity index (χ4n) is 2.63. The average molecular weight is 340 g/mol. The molecule has 0 N–H and O–H groups in total. The molecule has 128 valence electrons. The van der Waals surface area contributed by atoms with Crippen molar-refractivity contribution in [3.05, 3.63) is 22.7 Å². The van der Waals surface area contributed by atoms with Gasteiger partial charge in [0, 0.05) is 18.7 Å². The van der Waals surface area contributed by atoms with Gasteiger partial charge >= 0.3 is 0 Å². The first-order valence-corrected chi connectivity index (χ1v) is 8.59. The second-order valence-electron chi connectivity index (χ2n) is 6.67. The fraction of sp³-hybridized carbons (Fsp3) is 0.611. The molecule has 1 aromatic rings. The second-order valence-corrected chi connectivity index (χ2v) is 7.08. The van der Waals surface area contributed by atoms with Crippen LogP contribution in [-0.2, 0) is 0 Å². The Labute approximate surface area is 143 Å². The van der Waals surface area contributed by atoms with Gasteiger partial charge in [-0.05, 0) is 36.8 Å². The number of hydrogen-bond donors (Lipinski definition) is 0. The van der Waals surface area contributed by atoms with Crippen LogP contribution in [0.4, 0.5) is 0 Å². The first-order valence-electron chi connectivity index (χ1n) is 8.22. The fourth-order valence-corrected chi connectivity index (χ4v) is 2.89. The first-order chi connectivity index (χ1) is 10.9. The lowest BCUT2D eigenvalue weighted by Gasteiger charge is -2.30. The van der Waals surface area contributed by atoms with Crippen LogP contribution in [0.15, 0.2) is 12.1 Å². The van der Waals surface area contributed by atoms with Crippen LogP contribution in [0.2, 0.25) is 5.02 Å². The molecule has 1 aliphatic heterocycles. The molecule has 0 aliphatic carbocycles. The molecule has 23 heavy (non-hydrogen) atoms. The molecule has 0 unspecified atom stereocenters. The van der Waals surface area contributed by atoms with Crippen molar-refractivity contribution in [3.8, 4) is 11.5 Å². The number of halogens is 1. The molecule has 0 bridgehead atoms. The van der Waals surface area contributed by atoms with Crippen LogP contribution in [0.25, 0.3) is 0 Å². The number of amides is 1. The lowest BCUT2D eigenvalue weighted by Crippen LogP contribution is -2.37. The first kappa shape index (κ1) is 17.9. The highest BCUT2D eigenvalue weighted by Gasteiger charge is 2.23. The van der Waals surface area contributed by atoms with E-state index in [1.807, 2.05) is 4.90 Å². The van der Waals surface area contributed by atoms with Crippen LogP contribution in [0, 0.1) is 11.8 Å². The summed E-state index contributed by atoms with van der Waals surface area (Å²) in [5, 5.41) is 0.415. The van der Waals surface area contributed by atoms with Crippen molar-refractivity contribution in [2.75, 3.05) is 26.8 Å². The zero-order valence-corrected chi connectivity index (χ0v) is 15.2. The number of hydrogen-bond acceptors (Lipinski definition) is 3. The number of methoxy groups -OCH3 is 1. The van der Waals surface area contributed by atoms with Crippen molar-refractivity contribution in [1.82, 2.24) is 4.90 Å². The van der Waals surface area contributed by atoms with E-state index in [0.29, 0.717) is 40.5 Å². The van der Waals surface area contributed by atoms with Crippen molar-refractivity contribution >= 4 is 17.5 Å². The minimum atomic E-state index is 0.00695. The number of ether oxygens (including phenoxy) is 2. The van der Waals surface area contributed by atoms with Gasteiger partial charge < -0.3 is 14.4 Å². The highest BCUT2D eigenvalue weighted by Crippen LogP contribution is 2.37. The van der Waals surface area contributed by atoms with E-state index in [-0.39, 0.29) is 5.91 Å². The molecule has 0 atom stereocenters. The normalized spacial score (nSPS) is 15.8. The van der Waals surface area contributed by atoms with Crippen LogP contribution < -0.4 is 9.47 Å². The van der Waals surface area contributed by atoms with Gasteiger partial charge in [0.2, 0.25) is 0 Å².